The third kappa shape index (κ3) is 2.85. The van der Waals surface area contributed by atoms with Crippen molar-refractivity contribution in [1.82, 2.24) is 4.98 Å². The Labute approximate surface area is 124 Å². The first kappa shape index (κ1) is 14.9. The first-order valence-electron chi connectivity index (χ1n) is 6.00. The maximum atomic E-state index is 12.6. The van der Waals surface area contributed by atoms with Crippen LogP contribution in [-0.4, -0.2) is 17.0 Å². The van der Waals surface area contributed by atoms with E-state index in [0.717, 1.165) is 0 Å². The van der Waals surface area contributed by atoms with Crippen LogP contribution in [0.4, 0.5) is 10.2 Å². The van der Waals surface area contributed by atoms with Crippen LogP contribution in [0.5, 0.6) is 5.75 Å². The standard InChI is InChI=1S/C14H12FN3O2S/c1-3-8(7-16)14(19)12-4-9-5-13(20-15)11(18-21-2)6-10(9)17-12/h3-6,17-18H,1-2H3/b8-3+. The number of aromatic nitrogens is 1. The highest BCUT2D eigenvalue weighted by molar-refractivity contribution is 7.99. The molecule has 0 spiro atoms. The number of halogens is 1. The molecular weight excluding hydrogens is 293 g/mol. The van der Waals surface area contributed by atoms with Gasteiger partial charge >= 0.3 is 0 Å². The highest BCUT2D eigenvalue weighted by Gasteiger charge is 2.16. The Morgan fingerprint density at radius 3 is 2.86 bits per heavy atom. The fraction of sp³-hybridized carbons (Fsp3) is 0.143. The van der Waals surface area contributed by atoms with E-state index in [1.165, 1.54) is 24.1 Å². The number of Topliss-reactive ketones (excluding diaryl/α,β-unsaturated/α-hetero) is 1. The molecule has 0 aliphatic heterocycles. The van der Waals surface area contributed by atoms with Crippen molar-refractivity contribution < 1.29 is 14.3 Å². The number of carbonyl (C=O) groups excluding carboxylic acids is 1. The third-order valence-corrected chi connectivity index (χ3v) is 3.34. The molecule has 0 radical (unpaired) electrons. The number of allylic oxidation sites excluding steroid dienone is 2. The van der Waals surface area contributed by atoms with Crippen LogP contribution in [0.3, 0.4) is 0 Å². The molecule has 5 nitrogen and oxygen atoms in total. The lowest BCUT2D eigenvalue weighted by atomic mass is 10.1. The van der Waals surface area contributed by atoms with Gasteiger partial charge in [0.1, 0.15) is 6.07 Å². The number of nitrogens with one attached hydrogen (secondary N) is 2. The molecule has 0 saturated heterocycles. The van der Waals surface area contributed by atoms with Gasteiger partial charge in [0.2, 0.25) is 5.78 Å². The van der Waals surface area contributed by atoms with Crippen LogP contribution in [0.15, 0.2) is 29.8 Å². The molecule has 21 heavy (non-hydrogen) atoms. The highest BCUT2D eigenvalue weighted by atomic mass is 32.2. The Morgan fingerprint density at radius 2 is 2.29 bits per heavy atom. The van der Waals surface area contributed by atoms with Gasteiger partial charge in [-0.15, -0.1) is 0 Å². The number of hydrogen-bond acceptors (Lipinski definition) is 5. The molecular formula is C14H12FN3O2S. The number of nitrogens with zero attached hydrogens (tertiary/aromatic N) is 1. The van der Waals surface area contributed by atoms with Crippen LogP contribution in [0.1, 0.15) is 17.4 Å². The predicted octanol–water partition coefficient (Wildman–Crippen LogP) is 3.77. The van der Waals surface area contributed by atoms with E-state index in [4.69, 9.17) is 5.26 Å². The van der Waals surface area contributed by atoms with E-state index < -0.39 is 5.78 Å². The molecule has 7 heteroatoms. The zero-order valence-electron chi connectivity index (χ0n) is 11.4. The first-order valence-corrected chi connectivity index (χ1v) is 7.22. The minimum atomic E-state index is -0.404. The molecule has 1 aromatic heterocycles. The largest absolute Gasteiger partial charge is 0.352 e. The molecule has 108 valence electrons. The highest BCUT2D eigenvalue weighted by Crippen LogP contribution is 2.32. The Kier molecular flexibility index (Phi) is 4.50. The molecule has 2 aromatic rings. The van der Waals surface area contributed by atoms with Crippen LogP contribution in [-0.2, 0) is 0 Å². The predicted molar refractivity (Wildman–Crippen MR) is 80.9 cm³/mol. The summed E-state index contributed by atoms with van der Waals surface area (Å²) in [5.74, 6) is -0.375. The summed E-state index contributed by atoms with van der Waals surface area (Å²) in [6, 6.07) is 6.51. The van der Waals surface area contributed by atoms with Crippen molar-refractivity contribution in [2.24, 2.45) is 0 Å². The second-order valence-corrected chi connectivity index (χ2v) is 4.76. The number of carbonyl (C=O) groups is 1. The first-order chi connectivity index (χ1) is 10.1. The molecule has 0 amide bonds. The quantitative estimate of drug-likeness (QED) is 0.380. The van der Waals surface area contributed by atoms with Crippen LogP contribution in [0, 0.1) is 11.3 Å². The normalized spacial score (nSPS) is 11.2. The maximum Gasteiger partial charge on any atom is 0.219 e. The maximum absolute atomic E-state index is 12.6. The molecule has 0 fully saturated rings. The third-order valence-electron chi connectivity index (χ3n) is 2.91. The van der Waals surface area contributed by atoms with Gasteiger partial charge in [0, 0.05) is 21.7 Å². The number of H-pyrrole nitrogens is 1. The van der Waals surface area contributed by atoms with Gasteiger partial charge in [0.25, 0.3) is 0 Å². The number of ketones is 1. The molecule has 0 unspecified atom stereocenters. The van der Waals surface area contributed by atoms with Gasteiger partial charge in [-0.25, -0.2) is 0 Å². The number of hydrogen-bond donors (Lipinski definition) is 2. The summed E-state index contributed by atoms with van der Waals surface area (Å²) in [6.07, 6.45) is 3.24. The lowest BCUT2D eigenvalue weighted by molar-refractivity contribution is -0.00504. The van der Waals surface area contributed by atoms with E-state index in [9.17, 15) is 9.32 Å². The molecule has 0 aliphatic carbocycles. The molecule has 2 rings (SSSR count). The van der Waals surface area contributed by atoms with Gasteiger partial charge in [0.15, 0.2) is 5.75 Å². The van der Waals surface area contributed by atoms with Gasteiger partial charge in [-0.3, -0.25) is 9.74 Å². The van der Waals surface area contributed by atoms with Crippen molar-refractivity contribution in [3.05, 3.63) is 35.5 Å². The minimum absolute atomic E-state index is 0.0291. The van der Waals surface area contributed by atoms with Crippen molar-refractivity contribution >= 4 is 34.3 Å². The Balaban J connectivity index is 2.52. The second kappa shape index (κ2) is 6.33. The number of benzene rings is 1. The molecule has 0 aliphatic rings. The number of aromatic amines is 1. The SMILES string of the molecule is C/C=C(\C#N)C(=O)c1cc2cc(OF)c(NSC)cc2[nH]1. The summed E-state index contributed by atoms with van der Waals surface area (Å²) in [6.45, 7) is 1.62. The van der Waals surface area contributed by atoms with E-state index in [-0.39, 0.29) is 17.0 Å². The van der Waals surface area contributed by atoms with Crippen molar-refractivity contribution in [2.75, 3.05) is 11.0 Å². The van der Waals surface area contributed by atoms with E-state index in [1.54, 1.807) is 25.3 Å². The summed E-state index contributed by atoms with van der Waals surface area (Å²) in [5, 5.41) is 9.51. The fourth-order valence-electron chi connectivity index (χ4n) is 1.93. The number of anilines is 1. The number of rotatable bonds is 5. The summed E-state index contributed by atoms with van der Waals surface area (Å²) in [4.78, 5) is 18.8. The smallest absolute Gasteiger partial charge is 0.219 e. The molecule has 2 N–H and O–H groups in total. The van der Waals surface area contributed by atoms with Crippen LogP contribution >= 0.6 is 11.9 Å². The number of fused-ring (bicyclic) bond motifs is 1. The minimum Gasteiger partial charge on any atom is -0.352 e. The van der Waals surface area contributed by atoms with Crippen molar-refractivity contribution in [3.8, 4) is 11.8 Å². The lowest BCUT2D eigenvalue weighted by Crippen LogP contribution is -2.01. The fourth-order valence-corrected chi connectivity index (χ4v) is 2.31. The van der Waals surface area contributed by atoms with Gasteiger partial charge in [0.05, 0.1) is 17.0 Å². The topological polar surface area (TPSA) is 77.9 Å². The Hall–Kier alpha value is -2.46. The summed E-state index contributed by atoms with van der Waals surface area (Å²) >= 11 is 1.29. The molecule has 1 heterocycles. The summed E-state index contributed by atoms with van der Waals surface area (Å²) < 4.78 is 15.4. The molecule has 0 saturated carbocycles. The van der Waals surface area contributed by atoms with Gasteiger partial charge < -0.3 is 9.71 Å². The monoisotopic (exact) mass is 305 g/mol. The molecule has 1 aromatic carbocycles. The van der Waals surface area contributed by atoms with Crippen molar-refractivity contribution in [2.45, 2.75) is 6.92 Å². The second-order valence-electron chi connectivity index (χ2n) is 4.15. The Morgan fingerprint density at radius 1 is 1.52 bits per heavy atom. The Bertz CT molecular complexity index is 761. The van der Waals surface area contributed by atoms with E-state index in [1.807, 2.05) is 6.07 Å². The van der Waals surface area contributed by atoms with Gasteiger partial charge in [-0.2, -0.15) is 5.26 Å². The summed E-state index contributed by atoms with van der Waals surface area (Å²) in [7, 11) is 0. The van der Waals surface area contributed by atoms with Crippen LogP contribution < -0.4 is 9.66 Å². The van der Waals surface area contributed by atoms with E-state index >= 15 is 0 Å². The molecule has 0 bridgehead atoms. The van der Waals surface area contributed by atoms with Gasteiger partial charge in [-0.05, 0) is 25.1 Å². The van der Waals surface area contributed by atoms with Crippen molar-refractivity contribution in [1.29, 1.82) is 5.26 Å². The van der Waals surface area contributed by atoms with Crippen LogP contribution in [0.2, 0.25) is 0 Å². The van der Waals surface area contributed by atoms with E-state index in [0.29, 0.717) is 16.6 Å². The van der Waals surface area contributed by atoms with E-state index in [2.05, 4.69) is 14.6 Å². The summed E-state index contributed by atoms with van der Waals surface area (Å²) in [5.41, 5.74) is 1.41. The van der Waals surface area contributed by atoms with Crippen molar-refractivity contribution in [3.63, 3.8) is 0 Å². The van der Waals surface area contributed by atoms with Gasteiger partial charge in [-0.1, -0.05) is 18.0 Å². The zero-order chi connectivity index (χ0) is 15.4. The zero-order valence-corrected chi connectivity index (χ0v) is 12.2. The molecule has 0 atom stereocenters. The van der Waals surface area contributed by atoms with Crippen LogP contribution in [0.25, 0.3) is 10.9 Å². The number of nitriles is 1. The lowest BCUT2D eigenvalue weighted by Gasteiger charge is -2.05. The average molecular weight is 305 g/mol. The average Bonchev–Trinajstić information content (AvgIpc) is 2.90.